The molecule has 3 rings (SSSR count). The summed E-state index contributed by atoms with van der Waals surface area (Å²) in [5, 5.41) is 0. The predicted octanol–water partition coefficient (Wildman–Crippen LogP) is 1.50. The van der Waals surface area contributed by atoms with Crippen LogP contribution < -0.4 is 10.5 Å². The van der Waals surface area contributed by atoms with Crippen molar-refractivity contribution in [3.05, 3.63) is 48.3 Å². The number of hydrogen-bond acceptors (Lipinski definition) is 4. The van der Waals surface area contributed by atoms with E-state index in [1.54, 1.807) is 34.0 Å². The molecule has 2 N–H and O–H groups in total. The lowest BCUT2D eigenvalue weighted by Gasteiger charge is -2.38. The number of imidazole rings is 1. The summed E-state index contributed by atoms with van der Waals surface area (Å²) in [5.74, 6) is 0.273. The molecule has 7 nitrogen and oxygen atoms in total. The number of amides is 2. The SMILES string of the molecule is Cc1nccn1CC(=O)N1CC[C@H](Oc2ccc(F)cc2)[C@@H](CC(N)=O)C1. The van der Waals surface area contributed by atoms with Crippen LogP contribution in [0.4, 0.5) is 4.39 Å². The molecule has 8 heteroatoms. The minimum Gasteiger partial charge on any atom is -0.490 e. The lowest BCUT2D eigenvalue weighted by Crippen LogP contribution is -2.49. The normalized spacial score (nSPS) is 19.7. The molecule has 1 aliphatic heterocycles. The van der Waals surface area contributed by atoms with Crippen molar-refractivity contribution in [1.29, 1.82) is 0 Å². The first-order valence-corrected chi connectivity index (χ1v) is 8.88. The van der Waals surface area contributed by atoms with E-state index in [9.17, 15) is 14.0 Å². The molecule has 1 aromatic carbocycles. The van der Waals surface area contributed by atoms with Gasteiger partial charge in [0.15, 0.2) is 0 Å². The summed E-state index contributed by atoms with van der Waals surface area (Å²) >= 11 is 0. The molecular weight excluding hydrogens is 351 g/mol. The van der Waals surface area contributed by atoms with Crippen molar-refractivity contribution in [2.24, 2.45) is 11.7 Å². The molecule has 27 heavy (non-hydrogen) atoms. The molecule has 2 atom stereocenters. The molecular formula is C19H23FN4O3. The summed E-state index contributed by atoms with van der Waals surface area (Å²) in [6.45, 7) is 2.96. The number of benzene rings is 1. The molecule has 0 saturated carbocycles. The van der Waals surface area contributed by atoms with Gasteiger partial charge in [-0.2, -0.15) is 0 Å². The quantitative estimate of drug-likeness (QED) is 0.830. The molecule has 0 unspecified atom stereocenters. The molecule has 1 saturated heterocycles. The average Bonchev–Trinajstić information content (AvgIpc) is 3.02. The summed E-state index contributed by atoms with van der Waals surface area (Å²) in [7, 11) is 0. The van der Waals surface area contributed by atoms with E-state index in [4.69, 9.17) is 10.5 Å². The van der Waals surface area contributed by atoms with E-state index in [1.807, 2.05) is 6.92 Å². The van der Waals surface area contributed by atoms with Gasteiger partial charge in [0.2, 0.25) is 11.8 Å². The zero-order chi connectivity index (χ0) is 19.4. The Morgan fingerprint density at radius 1 is 1.33 bits per heavy atom. The molecule has 2 heterocycles. The van der Waals surface area contributed by atoms with Crippen LogP contribution in [0.1, 0.15) is 18.7 Å². The molecule has 0 bridgehead atoms. The van der Waals surface area contributed by atoms with Gasteiger partial charge in [-0.25, -0.2) is 9.37 Å². The maximum absolute atomic E-state index is 13.1. The van der Waals surface area contributed by atoms with Crippen LogP contribution in [0.2, 0.25) is 0 Å². The van der Waals surface area contributed by atoms with E-state index >= 15 is 0 Å². The zero-order valence-electron chi connectivity index (χ0n) is 15.2. The lowest BCUT2D eigenvalue weighted by atomic mass is 9.91. The highest BCUT2D eigenvalue weighted by atomic mass is 19.1. The third kappa shape index (κ3) is 4.84. The van der Waals surface area contributed by atoms with Gasteiger partial charge >= 0.3 is 0 Å². The number of hydrogen-bond donors (Lipinski definition) is 1. The number of piperidine rings is 1. The Hall–Kier alpha value is -2.90. The Labute approximate surface area is 156 Å². The van der Waals surface area contributed by atoms with Crippen LogP contribution in [0.15, 0.2) is 36.7 Å². The Morgan fingerprint density at radius 3 is 2.70 bits per heavy atom. The van der Waals surface area contributed by atoms with E-state index in [0.717, 1.165) is 5.82 Å². The first kappa shape index (κ1) is 18.9. The number of carbonyl (C=O) groups is 2. The second kappa shape index (κ2) is 8.20. The molecule has 0 aliphatic carbocycles. The number of aromatic nitrogens is 2. The van der Waals surface area contributed by atoms with Crippen molar-refractivity contribution in [3.8, 4) is 5.75 Å². The minimum atomic E-state index is -0.438. The summed E-state index contributed by atoms with van der Waals surface area (Å²) in [6, 6.07) is 5.75. The van der Waals surface area contributed by atoms with Gasteiger partial charge in [-0.15, -0.1) is 0 Å². The Bertz CT molecular complexity index is 806. The molecule has 2 amide bonds. The molecule has 1 aromatic heterocycles. The second-order valence-corrected chi connectivity index (χ2v) is 6.77. The van der Waals surface area contributed by atoms with E-state index in [-0.39, 0.29) is 36.7 Å². The fourth-order valence-corrected chi connectivity index (χ4v) is 3.35. The molecule has 0 spiro atoms. The number of halogens is 1. The molecule has 2 aromatic rings. The standard InChI is InChI=1S/C19H23FN4O3/c1-13-22-7-9-23(13)12-19(26)24-8-6-17(14(11-24)10-18(21)25)27-16-4-2-15(20)3-5-16/h2-5,7,9,14,17H,6,8,10-12H2,1H3,(H2,21,25)/t14-,17-/m0/s1. The van der Waals surface area contributed by atoms with Crippen LogP contribution in [0, 0.1) is 18.7 Å². The topological polar surface area (TPSA) is 90.4 Å². The summed E-state index contributed by atoms with van der Waals surface area (Å²) in [6.07, 6.45) is 3.85. The summed E-state index contributed by atoms with van der Waals surface area (Å²) < 4.78 is 20.8. The fraction of sp³-hybridized carbons (Fsp3) is 0.421. The highest BCUT2D eigenvalue weighted by Gasteiger charge is 2.34. The van der Waals surface area contributed by atoms with Crippen LogP contribution in [0.5, 0.6) is 5.75 Å². The van der Waals surface area contributed by atoms with Gasteiger partial charge in [-0.1, -0.05) is 0 Å². The van der Waals surface area contributed by atoms with Crippen molar-refractivity contribution in [3.63, 3.8) is 0 Å². The van der Waals surface area contributed by atoms with Gasteiger partial charge in [0, 0.05) is 44.2 Å². The number of ether oxygens (including phenoxy) is 1. The average molecular weight is 374 g/mol. The van der Waals surface area contributed by atoms with E-state index in [1.165, 1.54) is 12.1 Å². The third-order valence-corrected chi connectivity index (χ3v) is 4.81. The minimum absolute atomic E-state index is 0.0363. The number of likely N-dealkylation sites (tertiary alicyclic amines) is 1. The Morgan fingerprint density at radius 2 is 2.07 bits per heavy atom. The number of carbonyl (C=O) groups excluding carboxylic acids is 2. The van der Waals surface area contributed by atoms with Crippen molar-refractivity contribution in [2.75, 3.05) is 13.1 Å². The van der Waals surface area contributed by atoms with Crippen LogP contribution >= 0.6 is 0 Å². The number of primary amides is 1. The molecule has 1 aliphatic rings. The number of rotatable bonds is 6. The Kier molecular flexibility index (Phi) is 5.73. The highest BCUT2D eigenvalue weighted by Crippen LogP contribution is 2.26. The maximum Gasteiger partial charge on any atom is 0.242 e. The van der Waals surface area contributed by atoms with Crippen molar-refractivity contribution < 1.29 is 18.7 Å². The van der Waals surface area contributed by atoms with E-state index in [2.05, 4.69) is 4.98 Å². The van der Waals surface area contributed by atoms with Gasteiger partial charge in [0.25, 0.3) is 0 Å². The van der Waals surface area contributed by atoms with E-state index < -0.39 is 5.91 Å². The van der Waals surface area contributed by atoms with E-state index in [0.29, 0.717) is 25.3 Å². The van der Waals surface area contributed by atoms with Crippen molar-refractivity contribution in [2.45, 2.75) is 32.4 Å². The van der Waals surface area contributed by atoms with Crippen molar-refractivity contribution >= 4 is 11.8 Å². The number of aryl methyl sites for hydroxylation is 1. The number of nitrogens with two attached hydrogens (primary N) is 1. The first-order valence-electron chi connectivity index (χ1n) is 8.88. The summed E-state index contributed by atoms with van der Waals surface area (Å²) in [5.41, 5.74) is 5.39. The lowest BCUT2D eigenvalue weighted by molar-refractivity contribution is -0.136. The zero-order valence-corrected chi connectivity index (χ0v) is 15.2. The van der Waals surface area contributed by atoms with Gasteiger partial charge in [-0.05, 0) is 31.2 Å². The van der Waals surface area contributed by atoms with Crippen molar-refractivity contribution in [1.82, 2.24) is 14.5 Å². The predicted molar refractivity (Wildman–Crippen MR) is 96.3 cm³/mol. The largest absolute Gasteiger partial charge is 0.490 e. The third-order valence-electron chi connectivity index (χ3n) is 4.81. The maximum atomic E-state index is 13.1. The molecule has 1 fully saturated rings. The van der Waals surface area contributed by atoms with Gasteiger partial charge in [0.1, 0.15) is 30.0 Å². The smallest absolute Gasteiger partial charge is 0.242 e. The highest BCUT2D eigenvalue weighted by molar-refractivity contribution is 5.77. The van der Waals surface area contributed by atoms with Crippen LogP contribution in [-0.4, -0.2) is 45.5 Å². The number of nitrogens with zero attached hydrogens (tertiary/aromatic N) is 3. The first-order chi connectivity index (χ1) is 12.9. The second-order valence-electron chi connectivity index (χ2n) is 6.77. The van der Waals surface area contributed by atoms with Crippen LogP contribution in [0.25, 0.3) is 0 Å². The van der Waals surface area contributed by atoms with Crippen LogP contribution in [0.3, 0.4) is 0 Å². The Balaban J connectivity index is 1.66. The van der Waals surface area contributed by atoms with Gasteiger partial charge in [-0.3, -0.25) is 9.59 Å². The fourth-order valence-electron chi connectivity index (χ4n) is 3.35. The monoisotopic (exact) mass is 374 g/mol. The summed E-state index contributed by atoms with van der Waals surface area (Å²) in [4.78, 5) is 30.0. The van der Waals surface area contributed by atoms with Gasteiger partial charge < -0.3 is 19.9 Å². The molecule has 144 valence electrons. The van der Waals surface area contributed by atoms with Crippen LogP contribution in [-0.2, 0) is 16.1 Å². The van der Waals surface area contributed by atoms with Gasteiger partial charge in [0.05, 0.1) is 0 Å². The molecule has 0 radical (unpaired) electrons.